The molecule has 35 heavy (non-hydrogen) atoms. The number of benzene rings is 1. The van der Waals surface area contributed by atoms with Crippen molar-refractivity contribution in [2.75, 3.05) is 13.1 Å². The number of amides is 3. The lowest BCUT2D eigenvalue weighted by molar-refractivity contribution is -0.275. The van der Waals surface area contributed by atoms with Gasteiger partial charge in [0.15, 0.2) is 23.1 Å². The van der Waals surface area contributed by atoms with Crippen molar-refractivity contribution in [3.8, 4) is 5.75 Å². The van der Waals surface area contributed by atoms with Gasteiger partial charge in [0.05, 0.1) is 11.7 Å². The third-order valence-electron chi connectivity index (χ3n) is 4.97. The number of urea groups is 1. The lowest BCUT2D eigenvalue weighted by atomic mass is 10.0. The molecule has 0 spiro atoms. The summed E-state index contributed by atoms with van der Waals surface area (Å²) in [6, 6.07) is -0.475. The highest BCUT2D eigenvalue weighted by Gasteiger charge is 2.38. The molecule has 2 aromatic rings. The minimum Gasteiger partial charge on any atom is -0.403 e. The topological polar surface area (TPSA) is 83.6 Å². The first-order valence-corrected chi connectivity index (χ1v) is 9.81. The maximum Gasteiger partial charge on any atom is 0.573 e. The number of piperazine rings is 1. The van der Waals surface area contributed by atoms with E-state index < -0.39 is 65.3 Å². The molecular formula is C20H16F8N4O3. The highest BCUT2D eigenvalue weighted by atomic mass is 19.4. The van der Waals surface area contributed by atoms with Crippen molar-refractivity contribution < 1.29 is 49.4 Å². The van der Waals surface area contributed by atoms with Gasteiger partial charge in [-0.2, -0.15) is 13.2 Å². The molecule has 2 heterocycles. The molecule has 0 radical (unpaired) electrons. The van der Waals surface area contributed by atoms with Crippen molar-refractivity contribution in [2.45, 2.75) is 31.5 Å². The van der Waals surface area contributed by atoms with Crippen LogP contribution in [0.3, 0.4) is 0 Å². The van der Waals surface area contributed by atoms with E-state index in [4.69, 9.17) is 0 Å². The highest BCUT2D eigenvalue weighted by Crippen LogP contribution is 2.33. The molecule has 1 aromatic carbocycles. The van der Waals surface area contributed by atoms with Gasteiger partial charge in [0.1, 0.15) is 6.04 Å². The van der Waals surface area contributed by atoms with Gasteiger partial charge in [-0.1, -0.05) is 6.07 Å². The van der Waals surface area contributed by atoms with Crippen LogP contribution in [0.15, 0.2) is 30.3 Å². The predicted molar refractivity (Wildman–Crippen MR) is 102 cm³/mol. The molecule has 2 atom stereocenters. The number of hydrogen-bond acceptors (Lipinski definition) is 4. The van der Waals surface area contributed by atoms with Crippen LogP contribution in [0.25, 0.3) is 0 Å². The number of alkyl halides is 6. The van der Waals surface area contributed by atoms with Crippen LogP contribution >= 0.6 is 0 Å². The lowest BCUT2D eigenvalue weighted by Gasteiger charge is -2.34. The Kier molecular flexibility index (Phi) is 7.08. The maximum atomic E-state index is 14.3. The molecule has 0 aliphatic carbocycles. The summed E-state index contributed by atoms with van der Waals surface area (Å²) in [7, 11) is 0. The number of nitrogens with one attached hydrogen (secondary N) is 2. The van der Waals surface area contributed by atoms with Crippen LogP contribution in [0, 0.1) is 11.6 Å². The van der Waals surface area contributed by atoms with Crippen molar-refractivity contribution in [1.29, 1.82) is 0 Å². The van der Waals surface area contributed by atoms with E-state index in [1.807, 2.05) is 0 Å². The Morgan fingerprint density at radius 2 is 1.83 bits per heavy atom. The largest absolute Gasteiger partial charge is 0.573 e. The van der Waals surface area contributed by atoms with Crippen LogP contribution in [0.4, 0.5) is 39.9 Å². The zero-order valence-electron chi connectivity index (χ0n) is 17.6. The number of ether oxygens (including phenoxy) is 1. The van der Waals surface area contributed by atoms with Gasteiger partial charge in [-0.05, 0) is 36.8 Å². The average molecular weight is 512 g/mol. The summed E-state index contributed by atoms with van der Waals surface area (Å²) in [6.07, 6.45) is -10.4. The van der Waals surface area contributed by atoms with Gasteiger partial charge in [0, 0.05) is 13.1 Å². The van der Waals surface area contributed by atoms with E-state index in [1.54, 1.807) is 0 Å². The summed E-state index contributed by atoms with van der Waals surface area (Å²) in [5.74, 6) is -4.99. The van der Waals surface area contributed by atoms with Crippen LogP contribution < -0.4 is 15.4 Å². The van der Waals surface area contributed by atoms with Crippen LogP contribution in [0.1, 0.15) is 29.9 Å². The second-order valence-corrected chi connectivity index (χ2v) is 7.34. The standard InChI is InChI=1S/C20H16F8N4O3/c1-9-17(33)29-6-7-32(9)18(34)31-15(13-4-3-11(21)16(30-13)19(23,24)25)10-2-5-14(12(22)8-10)35-20(26,27)28/h2-5,8-9,15H,6-7H2,1H3,(H,29,33)(H,31,34)/t9-,15+/m1/s1. The number of carbonyl (C=O) groups is 2. The zero-order valence-corrected chi connectivity index (χ0v) is 17.6. The molecule has 3 rings (SSSR count). The summed E-state index contributed by atoms with van der Waals surface area (Å²) >= 11 is 0. The van der Waals surface area contributed by atoms with Gasteiger partial charge >= 0.3 is 18.6 Å². The van der Waals surface area contributed by atoms with Gasteiger partial charge in [0.25, 0.3) is 0 Å². The summed E-state index contributed by atoms with van der Waals surface area (Å²) in [4.78, 5) is 29.0. The molecule has 1 fully saturated rings. The minimum absolute atomic E-state index is 0.0167. The van der Waals surface area contributed by atoms with E-state index in [0.29, 0.717) is 18.2 Å². The van der Waals surface area contributed by atoms with E-state index in [2.05, 4.69) is 20.4 Å². The highest BCUT2D eigenvalue weighted by molar-refractivity contribution is 5.88. The molecule has 1 aliphatic heterocycles. The van der Waals surface area contributed by atoms with E-state index in [9.17, 15) is 44.7 Å². The van der Waals surface area contributed by atoms with Crippen molar-refractivity contribution in [1.82, 2.24) is 20.5 Å². The molecule has 190 valence electrons. The number of aromatic nitrogens is 1. The number of hydrogen-bond donors (Lipinski definition) is 2. The smallest absolute Gasteiger partial charge is 0.403 e. The Bertz CT molecular complexity index is 1120. The van der Waals surface area contributed by atoms with E-state index in [1.165, 1.54) is 6.92 Å². The van der Waals surface area contributed by atoms with Crippen molar-refractivity contribution in [3.05, 3.63) is 58.9 Å². The summed E-state index contributed by atoms with van der Waals surface area (Å²) in [6.45, 7) is 1.47. The summed E-state index contributed by atoms with van der Waals surface area (Å²) < 4.78 is 109. The third-order valence-corrected chi connectivity index (χ3v) is 4.97. The first kappa shape index (κ1) is 26.0. The van der Waals surface area contributed by atoms with Crippen LogP contribution in [0.5, 0.6) is 5.75 Å². The van der Waals surface area contributed by atoms with Crippen molar-refractivity contribution in [2.24, 2.45) is 0 Å². The molecule has 7 nitrogen and oxygen atoms in total. The van der Waals surface area contributed by atoms with Crippen LogP contribution in [0.2, 0.25) is 0 Å². The number of pyridine rings is 1. The fourth-order valence-electron chi connectivity index (χ4n) is 3.32. The lowest BCUT2D eigenvalue weighted by Crippen LogP contribution is -2.58. The number of rotatable bonds is 4. The zero-order chi connectivity index (χ0) is 26.1. The van der Waals surface area contributed by atoms with Crippen LogP contribution in [-0.4, -0.2) is 47.3 Å². The van der Waals surface area contributed by atoms with Crippen molar-refractivity contribution >= 4 is 11.9 Å². The molecule has 1 aliphatic rings. The fraction of sp³-hybridized carbons (Fsp3) is 0.350. The summed E-state index contributed by atoms with van der Waals surface area (Å²) in [5.41, 5.74) is -2.84. The molecule has 15 heteroatoms. The second-order valence-electron chi connectivity index (χ2n) is 7.34. The minimum atomic E-state index is -5.22. The Balaban J connectivity index is 2.04. The van der Waals surface area contributed by atoms with E-state index >= 15 is 0 Å². The molecular weight excluding hydrogens is 496 g/mol. The summed E-state index contributed by atoms with van der Waals surface area (Å²) in [5, 5.41) is 4.79. The first-order valence-electron chi connectivity index (χ1n) is 9.81. The Morgan fingerprint density at radius 3 is 2.43 bits per heavy atom. The third kappa shape index (κ3) is 6.08. The van der Waals surface area contributed by atoms with Gasteiger partial charge in [-0.25, -0.2) is 18.6 Å². The Morgan fingerprint density at radius 1 is 1.14 bits per heavy atom. The van der Waals surface area contributed by atoms with Crippen molar-refractivity contribution in [3.63, 3.8) is 0 Å². The maximum absolute atomic E-state index is 14.3. The monoisotopic (exact) mass is 512 g/mol. The van der Waals surface area contributed by atoms with E-state index in [0.717, 1.165) is 17.0 Å². The molecule has 0 bridgehead atoms. The van der Waals surface area contributed by atoms with Gasteiger partial charge < -0.3 is 20.3 Å². The quantitative estimate of drug-likeness (QED) is 0.609. The van der Waals surface area contributed by atoms with E-state index in [-0.39, 0.29) is 18.7 Å². The SMILES string of the molecule is C[C@@H]1C(=O)NCCN1C(=O)N[C@@H](c1ccc(OC(F)(F)F)c(F)c1)c1ccc(F)c(C(F)(F)F)n1. The second kappa shape index (κ2) is 9.54. The molecule has 0 unspecified atom stereocenters. The fourth-order valence-corrected chi connectivity index (χ4v) is 3.32. The number of nitrogens with zero attached hydrogens (tertiary/aromatic N) is 2. The molecule has 1 saturated heterocycles. The Labute approximate surface area is 192 Å². The van der Waals surface area contributed by atoms with Gasteiger partial charge in [0.2, 0.25) is 5.91 Å². The molecule has 0 saturated carbocycles. The first-order chi connectivity index (χ1) is 16.2. The van der Waals surface area contributed by atoms with Gasteiger partial charge in [-0.15, -0.1) is 13.2 Å². The molecule has 1 aromatic heterocycles. The van der Waals surface area contributed by atoms with Gasteiger partial charge in [-0.3, -0.25) is 4.79 Å². The van der Waals surface area contributed by atoms with Crippen LogP contribution in [-0.2, 0) is 11.0 Å². The molecule has 2 N–H and O–H groups in total. The average Bonchev–Trinajstić information content (AvgIpc) is 2.74. The molecule has 3 amide bonds. The predicted octanol–water partition coefficient (Wildman–Crippen LogP) is 3.90. The normalized spacial score (nSPS) is 17.6. The Hall–Kier alpha value is -3.65. The number of carbonyl (C=O) groups excluding carboxylic acids is 2. The number of halogens is 8.